The summed E-state index contributed by atoms with van der Waals surface area (Å²) in [6.45, 7) is -0.105. The van der Waals surface area contributed by atoms with E-state index in [2.05, 4.69) is 9.97 Å². The van der Waals surface area contributed by atoms with Crippen molar-refractivity contribution in [3.63, 3.8) is 0 Å². The van der Waals surface area contributed by atoms with Crippen LogP contribution in [0, 0.1) is 0 Å². The molecule has 4 nitrogen and oxygen atoms in total. The summed E-state index contributed by atoms with van der Waals surface area (Å²) in [5, 5.41) is 10.8. The first-order chi connectivity index (χ1) is 10.6. The van der Waals surface area contributed by atoms with E-state index in [4.69, 9.17) is 27.9 Å². The maximum Gasteiger partial charge on any atom is 0.140 e. The van der Waals surface area contributed by atoms with Gasteiger partial charge in [0.25, 0.3) is 0 Å². The SMILES string of the molecule is COc1ccc(-c2ccc3c(Cl)nc(Cl)cc3n2)cc1CO. The standard InChI is InChI=1S/C16H12Cl2N2O2/c1-22-14-5-2-9(6-10(14)8-21)12-4-3-11-13(19-12)7-15(17)20-16(11)18/h2-7,21H,8H2,1H3. The summed E-state index contributed by atoms with van der Waals surface area (Å²) in [4.78, 5) is 8.56. The molecular weight excluding hydrogens is 323 g/mol. The van der Waals surface area contributed by atoms with E-state index in [-0.39, 0.29) is 6.61 Å². The number of aromatic nitrogens is 2. The monoisotopic (exact) mass is 334 g/mol. The van der Waals surface area contributed by atoms with Crippen LogP contribution in [0.3, 0.4) is 0 Å². The number of hydrogen-bond acceptors (Lipinski definition) is 4. The molecule has 0 fully saturated rings. The maximum absolute atomic E-state index is 9.42. The van der Waals surface area contributed by atoms with Gasteiger partial charge in [0.2, 0.25) is 0 Å². The molecule has 6 heteroatoms. The van der Waals surface area contributed by atoms with Crippen molar-refractivity contribution in [1.82, 2.24) is 9.97 Å². The van der Waals surface area contributed by atoms with Crippen molar-refractivity contribution in [1.29, 1.82) is 0 Å². The molecular formula is C16H12Cl2N2O2. The minimum absolute atomic E-state index is 0.105. The van der Waals surface area contributed by atoms with Gasteiger partial charge in [-0.2, -0.15) is 0 Å². The number of benzene rings is 1. The molecule has 3 rings (SSSR count). The molecule has 112 valence electrons. The van der Waals surface area contributed by atoms with Crippen molar-refractivity contribution in [2.24, 2.45) is 0 Å². The van der Waals surface area contributed by atoms with Crippen LogP contribution in [0.5, 0.6) is 5.75 Å². The third-order valence-electron chi connectivity index (χ3n) is 3.35. The zero-order valence-electron chi connectivity index (χ0n) is 11.7. The number of fused-ring (bicyclic) bond motifs is 1. The zero-order valence-corrected chi connectivity index (χ0v) is 13.2. The van der Waals surface area contributed by atoms with Crippen LogP contribution >= 0.6 is 23.2 Å². The minimum Gasteiger partial charge on any atom is -0.496 e. The van der Waals surface area contributed by atoms with Crippen LogP contribution in [0.25, 0.3) is 22.2 Å². The van der Waals surface area contributed by atoms with Gasteiger partial charge in [0, 0.05) is 22.6 Å². The molecule has 0 saturated carbocycles. The lowest BCUT2D eigenvalue weighted by atomic mass is 10.1. The molecule has 0 aliphatic rings. The minimum atomic E-state index is -0.105. The Balaban J connectivity index is 2.14. The van der Waals surface area contributed by atoms with E-state index in [1.54, 1.807) is 19.2 Å². The summed E-state index contributed by atoms with van der Waals surface area (Å²) in [7, 11) is 1.57. The average molecular weight is 335 g/mol. The fraction of sp³-hybridized carbons (Fsp3) is 0.125. The lowest BCUT2D eigenvalue weighted by Gasteiger charge is -2.09. The van der Waals surface area contributed by atoms with E-state index < -0.39 is 0 Å². The van der Waals surface area contributed by atoms with Gasteiger partial charge in [-0.05, 0) is 30.3 Å². The summed E-state index contributed by atoms with van der Waals surface area (Å²) < 4.78 is 5.21. The molecule has 0 aliphatic heterocycles. The molecule has 22 heavy (non-hydrogen) atoms. The number of ether oxygens (including phenoxy) is 1. The first-order valence-electron chi connectivity index (χ1n) is 6.53. The fourth-order valence-corrected chi connectivity index (χ4v) is 2.76. The average Bonchev–Trinajstić information content (AvgIpc) is 2.53. The van der Waals surface area contributed by atoms with Crippen molar-refractivity contribution >= 4 is 34.1 Å². The highest BCUT2D eigenvalue weighted by molar-refractivity contribution is 6.36. The molecule has 1 aromatic carbocycles. The third-order valence-corrected chi connectivity index (χ3v) is 3.84. The zero-order chi connectivity index (χ0) is 15.7. The van der Waals surface area contributed by atoms with Crippen LogP contribution in [-0.2, 0) is 6.61 Å². The Morgan fingerprint density at radius 1 is 1.09 bits per heavy atom. The Morgan fingerprint density at radius 3 is 2.64 bits per heavy atom. The smallest absolute Gasteiger partial charge is 0.140 e. The molecule has 0 atom stereocenters. The number of pyridine rings is 2. The Labute approximate surface area is 137 Å². The number of halogens is 2. The third kappa shape index (κ3) is 2.73. The topological polar surface area (TPSA) is 55.2 Å². The summed E-state index contributed by atoms with van der Waals surface area (Å²) >= 11 is 12.0. The van der Waals surface area contributed by atoms with Gasteiger partial charge in [-0.3, -0.25) is 0 Å². The second-order valence-corrected chi connectivity index (χ2v) is 5.43. The predicted octanol–water partition coefficient (Wildman–Crippen LogP) is 4.10. The Kier molecular flexibility index (Phi) is 4.16. The van der Waals surface area contributed by atoms with Gasteiger partial charge in [0.15, 0.2) is 0 Å². The maximum atomic E-state index is 9.42. The highest BCUT2D eigenvalue weighted by Gasteiger charge is 2.09. The highest BCUT2D eigenvalue weighted by Crippen LogP contribution is 2.29. The number of aliphatic hydroxyl groups is 1. The van der Waals surface area contributed by atoms with E-state index in [1.807, 2.05) is 24.3 Å². The van der Waals surface area contributed by atoms with Gasteiger partial charge in [0.05, 0.1) is 24.9 Å². The van der Waals surface area contributed by atoms with E-state index in [9.17, 15) is 5.11 Å². The molecule has 0 amide bonds. The van der Waals surface area contributed by atoms with Gasteiger partial charge >= 0.3 is 0 Å². The van der Waals surface area contributed by atoms with Crippen LogP contribution in [0.2, 0.25) is 10.3 Å². The lowest BCUT2D eigenvalue weighted by molar-refractivity contribution is 0.274. The molecule has 0 aliphatic carbocycles. The van der Waals surface area contributed by atoms with Crippen molar-refractivity contribution in [2.75, 3.05) is 7.11 Å². The first-order valence-corrected chi connectivity index (χ1v) is 7.29. The number of nitrogens with zero attached hydrogens (tertiary/aromatic N) is 2. The van der Waals surface area contributed by atoms with Crippen LogP contribution in [0.15, 0.2) is 36.4 Å². The van der Waals surface area contributed by atoms with Crippen LogP contribution < -0.4 is 4.74 Å². The van der Waals surface area contributed by atoms with Crippen LogP contribution in [0.1, 0.15) is 5.56 Å². The second-order valence-electron chi connectivity index (χ2n) is 4.68. The lowest BCUT2D eigenvalue weighted by Crippen LogP contribution is -1.94. The predicted molar refractivity (Wildman–Crippen MR) is 87.5 cm³/mol. The molecule has 3 aromatic rings. The number of methoxy groups -OCH3 is 1. The molecule has 0 unspecified atom stereocenters. The fourth-order valence-electron chi connectivity index (χ4n) is 2.28. The van der Waals surface area contributed by atoms with E-state index >= 15 is 0 Å². The van der Waals surface area contributed by atoms with E-state index in [1.165, 1.54) is 0 Å². The van der Waals surface area contributed by atoms with Crippen LogP contribution in [0.4, 0.5) is 0 Å². The number of hydrogen-bond donors (Lipinski definition) is 1. The van der Waals surface area contributed by atoms with E-state index in [0.717, 1.165) is 16.6 Å². The summed E-state index contributed by atoms with van der Waals surface area (Å²) in [6.07, 6.45) is 0. The van der Waals surface area contributed by atoms with E-state index in [0.29, 0.717) is 27.1 Å². The van der Waals surface area contributed by atoms with Crippen molar-refractivity contribution in [3.8, 4) is 17.0 Å². The molecule has 1 N–H and O–H groups in total. The molecule has 0 radical (unpaired) electrons. The number of aliphatic hydroxyl groups excluding tert-OH is 1. The number of rotatable bonds is 3. The molecule has 0 bridgehead atoms. The van der Waals surface area contributed by atoms with Crippen molar-refractivity contribution in [3.05, 3.63) is 52.3 Å². The van der Waals surface area contributed by atoms with Gasteiger partial charge < -0.3 is 9.84 Å². The Morgan fingerprint density at radius 2 is 1.91 bits per heavy atom. The second kappa shape index (κ2) is 6.08. The first kappa shape index (κ1) is 15.0. The summed E-state index contributed by atoms with van der Waals surface area (Å²) in [5.74, 6) is 0.641. The van der Waals surface area contributed by atoms with Crippen LogP contribution in [-0.4, -0.2) is 22.2 Å². The van der Waals surface area contributed by atoms with Crippen molar-refractivity contribution < 1.29 is 9.84 Å². The van der Waals surface area contributed by atoms with Gasteiger partial charge in [-0.15, -0.1) is 0 Å². The Bertz CT molecular complexity index is 853. The summed E-state index contributed by atoms with van der Waals surface area (Å²) in [5.41, 5.74) is 3.00. The highest BCUT2D eigenvalue weighted by atomic mass is 35.5. The summed E-state index contributed by atoms with van der Waals surface area (Å²) in [6, 6.07) is 10.9. The molecule has 2 heterocycles. The molecule has 0 saturated heterocycles. The Hall–Kier alpha value is -1.88. The molecule has 0 spiro atoms. The van der Waals surface area contributed by atoms with Gasteiger partial charge in [-0.25, -0.2) is 9.97 Å². The van der Waals surface area contributed by atoms with Crippen molar-refractivity contribution in [2.45, 2.75) is 6.61 Å². The molecule has 2 aromatic heterocycles. The largest absolute Gasteiger partial charge is 0.496 e. The normalized spacial score (nSPS) is 10.9. The quantitative estimate of drug-likeness (QED) is 0.732. The van der Waals surface area contributed by atoms with Gasteiger partial charge in [-0.1, -0.05) is 23.2 Å². The van der Waals surface area contributed by atoms with Gasteiger partial charge in [0.1, 0.15) is 16.1 Å².